The molecular formula is C19H21N3O. The van der Waals surface area contributed by atoms with E-state index >= 15 is 0 Å². The largest absolute Gasteiger partial charge is 0.376 e. The third-order valence-electron chi connectivity index (χ3n) is 4.43. The summed E-state index contributed by atoms with van der Waals surface area (Å²) in [6.45, 7) is 3.56. The third-order valence-corrected chi connectivity index (χ3v) is 4.43. The number of aromatic amines is 1. The highest BCUT2D eigenvalue weighted by Gasteiger charge is 2.24. The highest BCUT2D eigenvalue weighted by Crippen LogP contribution is 2.24. The molecule has 23 heavy (non-hydrogen) atoms. The molecule has 0 amide bonds. The zero-order chi connectivity index (χ0) is 15.5. The molecule has 0 bridgehead atoms. The van der Waals surface area contributed by atoms with E-state index in [0.29, 0.717) is 12.5 Å². The minimum absolute atomic E-state index is 0.576. The standard InChI is InChI=1S/C19H21N3O/c1-2-6-15(7-3-1)13-23-14-16-10-11-22(12-16)19-20-17-8-4-5-9-18(17)21-19/h1-9,16H,10-14H2,(H,20,21). The van der Waals surface area contributed by atoms with Crippen LogP contribution in [0.4, 0.5) is 5.95 Å². The summed E-state index contributed by atoms with van der Waals surface area (Å²) in [5.41, 5.74) is 3.37. The zero-order valence-corrected chi connectivity index (χ0v) is 13.1. The van der Waals surface area contributed by atoms with Crippen molar-refractivity contribution in [3.8, 4) is 0 Å². The molecule has 0 radical (unpaired) electrons. The van der Waals surface area contributed by atoms with Crippen molar-refractivity contribution in [3.63, 3.8) is 0 Å². The molecule has 1 fully saturated rings. The van der Waals surface area contributed by atoms with Crippen LogP contribution >= 0.6 is 0 Å². The summed E-state index contributed by atoms with van der Waals surface area (Å²) in [7, 11) is 0. The molecule has 1 aromatic heterocycles. The van der Waals surface area contributed by atoms with Crippen molar-refractivity contribution < 1.29 is 4.74 Å². The van der Waals surface area contributed by atoms with Gasteiger partial charge in [-0.3, -0.25) is 0 Å². The molecule has 3 aromatic rings. The Morgan fingerprint density at radius 2 is 1.91 bits per heavy atom. The fraction of sp³-hybridized carbons (Fsp3) is 0.316. The predicted octanol–water partition coefficient (Wildman–Crippen LogP) is 3.61. The highest BCUT2D eigenvalue weighted by molar-refractivity contribution is 5.77. The second-order valence-electron chi connectivity index (χ2n) is 6.18. The van der Waals surface area contributed by atoms with Gasteiger partial charge in [0.05, 0.1) is 24.2 Å². The number of nitrogens with zero attached hydrogens (tertiary/aromatic N) is 2. The molecule has 1 unspecified atom stereocenters. The summed E-state index contributed by atoms with van der Waals surface area (Å²) in [6.07, 6.45) is 1.16. The van der Waals surface area contributed by atoms with Gasteiger partial charge in [-0.25, -0.2) is 4.98 Å². The van der Waals surface area contributed by atoms with Crippen molar-refractivity contribution in [1.29, 1.82) is 0 Å². The maximum absolute atomic E-state index is 5.89. The first kappa shape index (κ1) is 14.3. The van der Waals surface area contributed by atoms with Gasteiger partial charge in [-0.15, -0.1) is 0 Å². The number of anilines is 1. The smallest absolute Gasteiger partial charge is 0.203 e. The first-order valence-electron chi connectivity index (χ1n) is 8.20. The second kappa shape index (κ2) is 6.42. The molecule has 1 N–H and O–H groups in total. The van der Waals surface area contributed by atoms with Crippen LogP contribution in [0.15, 0.2) is 54.6 Å². The van der Waals surface area contributed by atoms with Crippen LogP contribution in [0.3, 0.4) is 0 Å². The van der Waals surface area contributed by atoms with Crippen molar-refractivity contribution >= 4 is 17.0 Å². The number of hydrogen-bond acceptors (Lipinski definition) is 3. The number of aromatic nitrogens is 2. The van der Waals surface area contributed by atoms with E-state index in [1.165, 1.54) is 5.56 Å². The lowest BCUT2D eigenvalue weighted by molar-refractivity contribution is 0.0929. The van der Waals surface area contributed by atoms with Gasteiger partial charge in [-0.2, -0.15) is 0 Å². The van der Waals surface area contributed by atoms with Crippen LogP contribution in [-0.2, 0) is 11.3 Å². The lowest BCUT2D eigenvalue weighted by Crippen LogP contribution is -2.22. The van der Waals surface area contributed by atoms with Gasteiger partial charge >= 0.3 is 0 Å². The minimum atomic E-state index is 0.576. The molecule has 4 heteroatoms. The Morgan fingerprint density at radius 1 is 1.09 bits per heavy atom. The Kier molecular flexibility index (Phi) is 3.99. The lowest BCUT2D eigenvalue weighted by Gasteiger charge is -2.15. The molecule has 1 atom stereocenters. The van der Waals surface area contributed by atoms with Crippen LogP contribution < -0.4 is 4.90 Å². The molecule has 4 nitrogen and oxygen atoms in total. The molecule has 0 spiro atoms. The number of benzene rings is 2. The summed E-state index contributed by atoms with van der Waals surface area (Å²) in [5.74, 6) is 1.56. The van der Waals surface area contributed by atoms with Crippen LogP contribution in [0.25, 0.3) is 11.0 Å². The summed E-state index contributed by atoms with van der Waals surface area (Å²) in [6, 6.07) is 18.5. The summed E-state index contributed by atoms with van der Waals surface area (Å²) in [4.78, 5) is 10.4. The van der Waals surface area contributed by atoms with Gasteiger partial charge < -0.3 is 14.6 Å². The number of para-hydroxylation sites is 2. The van der Waals surface area contributed by atoms with Gasteiger partial charge in [-0.05, 0) is 24.1 Å². The Balaban J connectivity index is 1.32. The number of rotatable bonds is 5. The monoisotopic (exact) mass is 307 g/mol. The number of imidazole rings is 1. The molecule has 1 aliphatic rings. The predicted molar refractivity (Wildman–Crippen MR) is 92.5 cm³/mol. The van der Waals surface area contributed by atoms with Gasteiger partial charge in [0, 0.05) is 19.0 Å². The Bertz CT molecular complexity index is 735. The molecule has 1 saturated heterocycles. The van der Waals surface area contributed by atoms with E-state index in [2.05, 4.69) is 45.2 Å². The first-order chi connectivity index (χ1) is 11.4. The quantitative estimate of drug-likeness (QED) is 0.783. The Hall–Kier alpha value is -2.33. The molecular weight excluding hydrogens is 286 g/mol. The van der Waals surface area contributed by atoms with Gasteiger partial charge in [-0.1, -0.05) is 42.5 Å². The fourth-order valence-corrected chi connectivity index (χ4v) is 3.17. The molecule has 0 saturated carbocycles. The number of hydrogen-bond donors (Lipinski definition) is 1. The van der Waals surface area contributed by atoms with Crippen LogP contribution in [-0.4, -0.2) is 29.7 Å². The molecule has 1 aliphatic heterocycles. The van der Waals surface area contributed by atoms with Gasteiger partial charge in [0.15, 0.2) is 0 Å². The van der Waals surface area contributed by atoms with Gasteiger partial charge in [0.25, 0.3) is 0 Å². The fourth-order valence-electron chi connectivity index (χ4n) is 3.17. The van der Waals surface area contributed by atoms with Crippen molar-refractivity contribution in [1.82, 2.24) is 9.97 Å². The van der Waals surface area contributed by atoms with E-state index < -0.39 is 0 Å². The number of fused-ring (bicyclic) bond motifs is 1. The highest BCUT2D eigenvalue weighted by atomic mass is 16.5. The van der Waals surface area contributed by atoms with Crippen molar-refractivity contribution in [2.45, 2.75) is 13.0 Å². The van der Waals surface area contributed by atoms with Gasteiger partial charge in [0.2, 0.25) is 5.95 Å². The lowest BCUT2D eigenvalue weighted by atomic mass is 10.1. The Morgan fingerprint density at radius 3 is 2.78 bits per heavy atom. The van der Waals surface area contributed by atoms with Crippen LogP contribution in [0, 0.1) is 5.92 Å². The third kappa shape index (κ3) is 3.22. The number of nitrogens with one attached hydrogen (secondary N) is 1. The molecule has 2 heterocycles. The zero-order valence-electron chi connectivity index (χ0n) is 13.1. The summed E-state index contributed by atoms with van der Waals surface area (Å²) < 4.78 is 5.89. The van der Waals surface area contributed by atoms with E-state index in [0.717, 1.165) is 43.1 Å². The molecule has 4 rings (SSSR count). The average molecular weight is 307 g/mol. The first-order valence-corrected chi connectivity index (χ1v) is 8.20. The van der Waals surface area contributed by atoms with E-state index in [9.17, 15) is 0 Å². The average Bonchev–Trinajstić information content (AvgIpc) is 3.22. The molecule has 118 valence electrons. The molecule has 0 aliphatic carbocycles. The van der Waals surface area contributed by atoms with Gasteiger partial charge in [0.1, 0.15) is 0 Å². The Labute approximate surface area is 136 Å². The minimum Gasteiger partial charge on any atom is -0.376 e. The number of H-pyrrole nitrogens is 1. The maximum atomic E-state index is 5.89. The maximum Gasteiger partial charge on any atom is 0.203 e. The van der Waals surface area contributed by atoms with E-state index in [1.807, 2.05) is 24.3 Å². The summed E-state index contributed by atoms with van der Waals surface area (Å²) >= 11 is 0. The van der Waals surface area contributed by atoms with Crippen molar-refractivity contribution in [2.75, 3.05) is 24.6 Å². The van der Waals surface area contributed by atoms with E-state index in [1.54, 1.807) is 0 Å². The van der Waals surface area contributed by atoms with Crippen molar-refractivity contribution in [3.05, 3.63) is 60.2 Å². The number of ether oxygens (including phenoxy) is 1. The molecule has 2 aromatic carbocycles. The van der Waals surface area contributed by atoms with Crippen LogP contribution in [0.5, 0.6) is 0 Å². The van der Waals surface area contributed by atoms with Crippen molar-refractivity contribution in [2.24, 2.45) is 5.92 Å². The second-order valence-corrected chi connectivity index (χ2v) is 6.18. The van der Waals surface area contributed by atoms with Crippen LogP contribution in [0.2, 0.25) is 0 Å². The van der Waals surface area contributed by atoms with Crippen LogP contribution in [0.1, 0.15) is 12.0 Å². The topological polar surface area (TPSA) is 41.1 Å². The van der Waals surface area contributed by atoms with E-state index in [-0.39, 0.29) is 0 Å². The SMILES string of the molecule is c1ccc(COCC2CCN(c3nc4ccccc4[nH]3)C2)cc1. The summed E-state index contributed by atoms with van der Waals surface area (Å²) in [5, 5.41) is 0. The normalized spacial score (nSPS) is 17.9. The van der Waals surface area contributed by atoms with E-state index in [4.69, 9.17) is 4.74 Å².